The molecule has 0 saturated carbocycles. The summed E-state index contributed by atoms with van der Waals surface area (Å²) >= 11 is 0. The maximum Gasteiger partial charge on any atom is 0.0216 e. The average Bonchev–Trinajstić information content (AvgIpc) is 1.89. The zero-order valence-electron chi connectivity index (χ0n) is 6.83. The zero-order chi connectivity index (χ0) is 6.69. The first-order chi connectivity index (χ1) is 4.34. The Hall–Kier alpha value is 1.29. The van der Waals surface area contributed by atoms with Crippen molar-refractivity contribution in [1.29, 1.82) is 0 Å². The van der Waals surface area contributed by atoms with Gasteiger partial charge in [0.1, 0.15) is 0 Å². The van der Waals surface area contributed by atoms with E-state index in [2.05, 4.69) is 23.2 Å². The smallest absolute Gasteiger partial charge is 0.0216 e. The van der Waals surface area contributed by atoms with Crippen molar-refractivity contribution in [3.05, 3.63) is 23.8 Å². The first-order valence-corrected chi connectivity index (χ1v) is 3.03. The number of aryl methyl sites for hydroxylation is 2. The predicted molar refractivity (Wildman–Crippen MR) is 35.0 cm³/mol. The van der Waals surface area contributed by atoms with Crippen molar-refractivity contribution < 1.29 is 65.4 Å². The van der Waals surface area contributed by atoms with E-state index in [9.17, 15) is 0 Å². The SMILES string of the molecule is CCc1cn[c-]nc1C.[Y].[Y]. The van der Waals surface area contributed by atoms with Gasteiger partial charge in [-0.3, -0.25) is 0 Å². The minimum absolute atomic E-state index is 0. The second-order valence-corrected chi connectivity index (χ2v) is 1.93. The monoisotopic (exact) mass is 299 g/mol. The molecule has 0 aromatic carbocycles. The molecule has 2 radical (unpaired) electrons. The van der Waals surface area contributed by atoms with Gasteiger partial charge in [0.25, 0.3) is 0 Å². The molecule has 0 atom stereocenters. The Labute approximate surface area is 118 Å². The second kappa shape index (κ2) is 7.91. The Morgan fingerprint density at radius 2 is 2.09 bits per heavy atom. The van der Waals surface area contributed by atoms with Gasteiger partial charge in [-0.25, -0.2) is 0 Å². The van der Waals surface area contributed by atoms with E-state index in [0.29, 0.717) is 0 Å². The molecule has 0 aliphatic heterocycles. The van der Waals surface area contributed by atoms with Crippen LogP contribution in [0.5, 0.6) is 0 Å². The summed E-state index contributed by atoms with van der Waals surface area (Å²) in [5, 5.41) is 0. The van der Waals surface area contributed by atoms with Crippen LogP contribution in [0.2, 0.25) is 0 Å². The van der Waals surface area contributed by atoms with Gasteiger partial charge in [-0.05, 0) is 0 Å². The minimum atomic E-state index is 0. The molecule has 11 heavy (non-hydrogen) atoms. The van der Waals surface area contributed by atoms with Crippen molar-refractivity contribution in [2.75, 3.05) is 0 Å². The van der Waals surface area contributed by atoms with Crippen LogP contribution < -0.4 is 0 Å². The van der Waals surface area contributed by atoms with Crippen molar-refractivity contribution >= 4 is 0 Å². The summed E-state index contributed by atoms with van der Waals surface area (Å²) in [6.45, 7) is 4.06. The van der Waals surface area contributed by atoms with Crippen LogP contribution in [0.25, 0.3) is 0 Å². The van der Waals surface area contributed by atoms with E-state index in [1.807, 2.05) is 13.1 Å². The molecule has 1 aromatic rings. The summed E-state index contributed by atoms with van der Waals surface area (Å²) in [5.41, 5.74) is 2.24. The van der Waals surface area contributed by atoms with Gasteiger partial charge in [-0.15, -0.1) is 5.56 Å². The van der Waals surface area contributed by atoms with E-state index in [0.717, 1.165) is 12.1 Å². The number of aromatic nitrogens is 2. The summed E-state index contributed by atoms with van der Waals surface area (Å²) in [6, 6.07) is 0. The molecule has 1 heterocycles. The normalized spacial score (nSPS) is 7.82. The molecule has 0 unspecified atom stereocenters. The number of hydrogen-bond acceptors (Lipinski definition) is 2. The Bertz CT molecular complexity index is 203. The van der Waals surface area contributed by atoms with Crippen LogP contribution in [0.4, 0.5) is 0 Å². The molecule has 1 rings (SSSR count). The largest absolute Gasteiger partial charge is 0.374 e. The van der Waals surface area contributed by atoms with Gasteiger partial charge in [0, 0.05) is 71.7 Å². The first kappa shape index (κ1) is 14.8. The molecule has 0 aliphatic carbocycles. The molecule has 0 fully saturated rings. The topological polar surface area (TPSA) is 25.8 Å². The number of nitrogens with zero attached hydrogens (tertiary/aromatic N) is 2. The molecule has 0 saturated heterocycles. The fraction of sp³-hybridized carbons (Fsp3) is 0.429. The third kappa shape index (κ3) is 4.77. The molecular formula is C7H9N2Y2-. The Morgan fingerprint density at radius 1 is 1.45 bits per heavy atom. The second-order valence-electron chi connectivity index (χ2n) is 1.93. The van der Waals surface area contributed by atoms with Gasteiger partial charge < -0.3 is 9.97 Å². The van der Waals surface area contributed by atoms with E-state index in [1.165, 1.54) is 5.56 Å². The molecule has 4 heteroatoms. The number of hydrogen-bond donors (Lipinski definition) is 0. The van der Waals surface area contributed by atoms with Gasteiger partial charge in [0.05, 0.1) is 0 Å². The third-order valence-electron chi connectivity index (χ3n) is 1.34. The average molecular weight is 299 g/mol. The molecule has 2 nitrogen and oxygen atoms in total. The summed E-state index contributed by atoms with van der Waals surface area (Å²) in [7, 11) is 0. The maximum absolute atomic E-state index is 3.91. The van der Waals surface area contributed by atoms with E-state index < -0.39 is 0 Å². The summed E-state index contributed by atoms with van der Waals surface area (Å²) in [4.78, 5) is 7.69. The molecule has 1 aromatic heterocycles. The van der Waals surface area contributed by atoms with Crippen LogP contribution >= 0.6 is 0 Å². The van der Waals surface area contributed by atoms with Crippen molar-refractivity contribution in [2.45, 2.75) is 20.3 Å². The summed E-state index contributed by atoms with van der Waals surface area (Å²) < 4.78 is 0. The molecular weight excluding hydrogens is 290 g/mol. The maximum atomic E-state index is 3.91. The van der Waals surface area contributed by atoms with Gasteiger partial charge in [-0.1, -0.05) is 32.2 Å². The molecule has 0 bridgehead atoms. The molecule has 0 N–H and O–H groups in total. The fourth-order valence-electron chi connectivity index (χ4n) is 0.723. The third-order valence-corrected chi connectivity index (χ3v) is 1.34. The zero-order valence-corrected chi connectivity index (χ0v) is 12.5. The van der Waals surface area contributed by atoms with Crippen molar-refractivity contribution in [2.24, 2.45) is 0 Å². The molecule has 54 valence electrons. The number of rotatable bonds is 1. The molecule has 0 spiro atoms. The quantitative estimate of drug-likeness (QED) is 0.727. The first-order valence-electron chi connectivity index (χ1n) is 3.03. The van der Waals surface area contributed by atoms with E-state index in [1.54, 1.807) is 0 Å². The fourth-order valence-corrected chi connectivity index (χ4v) is 0.723. The van der Waals surface area contributed by atoms with E-state index in [-0.39, 0.29) is 65.4 Å². The minimum Gasteiger partial charge on any atom is -0.374 e. The van der Waals surface area contributed by atoms with Crippen LogP contribution in [-0.2, 0) is 71.8 Å². The van der Waals surface area contributed by atoms with Gasteiger partial charge in [0.15, 0.2) is 0 Å². The van der Waals surface area contributed by atoms with Crippen molar-refractivity contribution in [1.82, 2.24) is 9.97 Å². The van der Waals surface area contributed by atoms with Crippen LogP contribution in [-0.4, -0.2) is 9.97 Å². The van der Waals surface area contributed by atoms with Crippen molar-refractivity contribution in [3.63, 3.8) is 0 Å². The summed E-state index contributed by atoms with van der Waals surface area (Å²) in [6.07, 6.45) is 5.34. The van der Waals surface area contributed by atoms with Gasteiger partial charge >= 0.3 is 0 Å². The van der Waals surface area contributed by atoms with Crippen LogP contribution in [0.1, 0.15) is 18.2 Å². The van der Waals surface area contributed by atoms with Crippen molar-refractivity contribution in [3.8, 4) is 0 Å². The Kier molecular flexibility index (Phi) is 10.6. The molecule has 0 amide bonds. The summed E-state index contributed by atoms with van der Waals surface area (Å²) in [5.74, 6) is 0. The van der Waals surface area contributed by atoms with E-state index in [4.69, 9.17) is 0 Å². The standard InChI is InChI=1S/C7H9N2.2Y/c1-3-7-4-8-5-9-6(7)2;;/h4H,3H2,1-2H3;;/q-1;;. The Balaban J connectivity index is 0. The van der Waals surface area contributed by atoms with Gasteiger partial charge in [-0.2, -0.15) is 0 Å². The van der Waals surface area contributed by atoms with Crippen LogP contribution in [0.3, 0.4) is 0 Å². The van der Waals surface area contributed by atoms with E-state index >= 15 is 0 Å². The molecule has 0 aliphatic rings. The van der Waals surface area contributed by atoms with Gasteiger partial charge in [0.2, 0.25) is 0 Å². The van der Waals surface area contributed by atoms with Crippen LogP contribution in [0, 0.1) is 13.3 Å². The Morgan fingerprint density at radius 3 is 2.45 bits per heavy atom. The van der Waals surface area contributed by atoms with Crippen LogP contribution in [0.15, 0.2) is 6.20 Å². The predicted octanol–water partition coefficient (Wildman–Crippen LogP) is 1.14.